The third-order valence-corrected chi connectivity index (χ3v) is 7.05. The predicted octanol–water partition coefficient (Wildman–Crippen LogP) is 2.10. The molecule has 5 rings (SSSR count). The molecule has 0 spiro atoms. The minimum absolute atomic E-state index is 0.0235. The summed E-state index contributed by atoms with van der Waals surface area (Å²) < 4.78 is 13.1. The standard InChI is InChI=1S/C26H30BN3O4/c27-30(17-19-4-6-24-25(16-19)34-15-14-33-24)21-8-10-28(11-9-21)12-13-29-23-3-1-2-20(18-31)22(23)5-7-26(29)32/h1-7,16,18,21H,8-15,17,27H2. The first-order valence-corrected chi connectivity index (χ1v) is 12.0. The highest BCUT2D eigenvalue weighted by Gasteiger charge is 2.23. The maximum atomic E-state index is 12.5. The van der Waals surface area contributed by atoms with Gasteiger partial charge in [-0.05, 0) is 55.8 Å². The molecule has 34 heavy (non-hydrogen) atoms. The predicted molar refractivity (Wildman–Crippen MR) is 135 cm³/mol. The lowest BCUT2D eigenvalue weighted by Gasteiger charge is -2.37. The number of ether oxygens (including phenoxy) is 2. The first kappa shape index (κ1) is 22.7. The number of pyridine rings is 1. The molecule has 0 N–H and O–H groups in total. The maximum absolute atomic E-state index is 12.5. The summed E-state index contributed by atoms with van der Waals surface area (Å²) in [6, 6.07) is 15.6. The summed E-state index contributed by atoms with van der Waals surface area (Å²) in [5.74, 6) is 1.68. The largest absolute Gasteiger partial charge is 0.486 e. The molecule has 2 aromatic carbocycles. The van der Waals surface area contributed by atoms with Crippen LogP contribution in [-0.2, 0) is 13.1 Å². The van der Waals surface area contributed by atoms with Gasteiger partial charge in [0.15, 0.2) is 25.8 Å². The lowest BCUT2D eigenvalue weighted by Crippen LogP contribution is -2.44. The van der Waals surface area contributed by atoms with Crippen LogP contribution in [-0.4, -0.2) is 67.4 Å². The van der Waals surface area contributed by atoms with Crippen molar-refractivity contribution in [3.05, 3.63) is 70.0 Å². The van der Waals surface area contributed by atoms with Gasteiger partial charge in [-0.2, -0.15) is 0 Å². The van der Waals surface area contributed by atoms with Crippen LogP contribution in [0.4, 0.5) is 0 Å². The second-order valence-corrected chi connectivity index (χ2v) is 9.19. The molecular weight excluding hydrogens is 429 g/mol. The van der Waals surface area contributed by atoms with Gasteiger partial charge in [0.2, 0.25) is 0 Å². The van der Waals surface area contributed by atoms with E-state index >= 15 is 0 Å². The molecule has 0 saturated carbocycles. The van der Waals surface area contributed by atoms with E-state index in [4.69, 9.17) is 9.47 Å². The van der Waals surface area contributed by atoms with Crippen molar-refractivity contribution >= 4 is 25.2 Å². The van der Waals surface area contributed by atoms with E-state index in [2.05, 4.69) is 29.8 Å². The van der Waals surface area contributed by atoms with E-state index in [0.29, 0.717) is 31.4 Å². The van der Waals surface area contributed by atoms with Gasteiger partial charge in [0, 0.05) is 42.7 Å². The van der Waals surface area contributed by atoms with Crippen LogP contribution >= 0.6 is 0 Å². The van der Waals surface area contributed by atoms with E-state index in [-0.39, 0.29) is 5.56 Å². The lowest BCUT2D eigenvalue weighted by atomic mass is 9.99. The Bertz CT molecular complexity index is 1240. The molecule has 176 valence electrons. The number of aromatic nitrogens is 1. The fourth-order valence-corrected chi connectivity index (χ4v) is 5.11. The van der Waals surface area contributed by atoms with Crippen LogP contribution < -0.4 is 15.0 Å². The molecule has 1 fully saturated rings. The van der Waals surface area contributed by atoms with Gasteiger partial charge >= 0.3 is 0 Å². The molecule has 1 saturated heterocycles. The molecule has 0 atom stereocenters. The Labute approximate surface area is 200 Å². The minimum Gasteiger partial charge on any atom is -0.486 e. The van der Waals surface area contributed by atoms with Gasteiger partial charge < -0.3 is 23.8 Å². The fraction of sp³-hybridized carbons (Fsp3) is 0.385. The average Bonchev–Trinajstić information content (AvgIpc) is 2.88. The normalized spacial score (nSPS) is 16.7. The summed E-state index contributed by atoms with van der Waals surface area (Å²) in [5, 5.41) is 0.830. The Morgan fingerprint density at radius 3 is 2.59 bits per heavy atom. The third kappa shape index (κ3) is 4.74. The van der Waals surface area contributed by atoms with Crippen LogP contribution in [0.2, 0.25) is 0 Å². The van der Waals surface area contributed by atoms with Gasteiger partial charge in [0.1, 0.15) is 13.2 Å². The maximum Gasteiger partial charge on any atom is 0.251 e. The summed E-state index contributed by atoms with van der Waals surface area (Å²) in [4.78, 5) is 28.8. The highest BCUT2D eigenvalue weighted by molar-refractivity contribution is 6.04. The molecule has 2 aliphatic heterocycles. The van der Waals surface area contributed by atoms with Gasteiger partial charge in [-0.1, -0.05) is 18.2 Å². The second-order valence-electron chi connectivity index (χ2n) is 9.19. The molecule has 2 aliphatic rings. The van der Waals surface area contributed by atoms with E-state index in [9.17, 15) is 9.59 Å². The Hall–Kier alpha value is -3.10. The Morgan fingerprint density at radius 1 is 1.00 bits per heavy atom. The number of benzene rings is 2. The molecule has 7 nitrogen and oxygen atoms in total. The molecular formula is C26H30BN3O4. The van der Waals surface area contributed by atoms with Crippen LogP contribution in [0.15, 0.2) is 53.3 Å². The minimum atomic E-state index is -0.0235. The number of rotatable bonds is 7. The number of likely N-dealkylation sites (tertiary alicyclic amines) is 1. The van der Waals surface area contributed by atoms with E-state index in [1.165, 1.54) is 5.56 Å². The number of carbonyl (C=O) groups excluding carboxylic acids is 1. The molecule has 0 bridgehead atoms. The van der Waals surface area contributed by atoms with E-state index in [1.807, 2.05) is 18.2 Å². The second kappa shape index (κ2) is 10.0. The number of hydrogen-bond donors (Lipinski definition) is 0. The molecule has 8 heteroatoms. The zero-order valence-electron chi connectivity index (χ0n) is 19.6. The summed E-state index contributed by atoms with van der Waals surface area (Å²) in [6.45, 7) is 5.56. The van der Waals surface area contributed by atoms with Crippen molar-refractivity contribution in [1.29, 1.82) is 0 Å². The van der Waals surface area contributed by atoms with E-state index < -0.39 is 0 Å². The van der Waals surface area contributed by atoms with Gasteiger partial charge in [0.05, 0.1) is 5.52 Å². The van der Waals surface area contributed by atoms with Crippen molar-refractivity contribution in [2.24, 2.45) is 0 Å². The van der Waals surface area contributed by atoms with Gasteiger partial charge in [-0.3, -0.25) is 9.59 Å². The molecule has 0 amide bonds. The smallest absolute Gasteiger partial charge is 0.251 e. The van der Waals surface area contributed by atoms with Crippen molar-refractivity contribution < 1.29 is 14.3 Å². The Balaban J connectivity index is 1.17. The van der Waals surface area contributed by atoms with Crippen molar-refractivity contribution in [3.8, 4) is 11.5 Å². The molecule has 0 aliphatic carbocycles. The number of nitrogens with zero attached hydrogens (tertiary/aromatic N) is 3. The zero-order chi connectivity index (χ0) is 23.5. The Morgan fingerprint density at radius 2 is 1.79 bits per heavy atom. The highest BCUT2D eigenvalue weighted by atomic mass is 16.6. The van der Waals surface area contributed by atoms with Crippen LogP contribution in [0.1, 0.15) is 28.8 Å². The third-order valence-electron chi connectivity index (χ3n) is 7.05. The van der Waals surface area contributed by atoms with Crippen molar-refractivity contribution in [1.82, 2.24) is 14.3 Å². The first-order valence-electron chi connectivity index (χ1n) is 12.0. The van der Waals surface area contributed by atoms with Gasteiger partial charge in [-0.15, -0.1) is 0 Å². The topological polar surface area (TPSA) is 64.0 Å². The lowest BCUT2D eigenvalue weighted by molar-refractivity contribution is 0.112. The molecule has 1 aromatic heterocycles. The van der Waals surface area contributed by atoms with E-state index in [0.717, 1.165) is 67.7 Å². The van der Waals surface area contributed by atoms with Crippen molar-refractivity contribution in [2.45, 2.75) is 32.0 Å². The van der Waals surface area contributed by atoms with Crippen molar-refractivity contribution in [2.75, 3.05) is 32.8 Å². The van der Waals surface area contributed by atoms with Crippen LogP contribution in [0.25, 0.3) is 10.9 Å². The summed E-state index contributed by atoms with van der Waals surface area (Å²) in [5.41, 5.74) is 2.66. The van der Waals surface area contributed by atoms with Gasteiger partial charge in [-0.25, -0.2) is 0 Å². The van der Waals surface area contributed by atoms with Crippen LogP contribution in [0, 0.1) is 0 Å². The summed E-state index contributed by atoms with van der Waals surface area (Å²) in [7, 11) is 2.19. The SMILES string of the molecule is BN(Cc1ccc2c(c1)OCCO2)C1CCN(CCn2c(=O)ccc3c(C=O)cccc32)CC1. The number of aldehydes is 1. The highest BCUT2D eigenvalue weighted by Crippen LogP contribution is 2.31. The molecule has 3 aromatic rings. The van der Waals surface area contributed by atoms with E-state index in [1.54, 1.807) is 22.8 Å². The average molecular weight is 459 g/mol. The molecule has 3 heterocycles. The molecule has 0 unspecified atom stereocenters. The zero-order valence-corrected chi connectivity index (χ0v) is 19.6. The monoisotopic (exact) mass is 459 g/mol. The Kier molecular flexibility index (Phi) is 6.69. The molecule has 0 radical (unpaired) electrons. The van der Waals surface area contributed by atoms with Crippen molar-refractivity contribution in [3.63, 3.8) is 0 Å². The summed E-state index contributed by atoms with van der Waals surface area (Å²) >= 11 is 0. The number of hydrogen-bond acceptors (Lipinski definition) is 6. The quantitative estimate of drug-likeness (QED) is 0.399. The van der Waals surface area contributed by atoms with Crippen LogP contribution in [0.3, 0.4) is 0 Å². The number of piperidine rings is 1. The number of carbonyl (C=O) groups is 1. The fourth-order valence-electron chi connectivity index (χ4n) is 5.11. The first-order chi connectivity index (χ1) is 16.6. The van der Waals surface area contributed by atoms with Gasteiger partial charge in [0.25, 0.3) is 5.56 Å². The summed E-state index contributed by atoms with van der Waals surface area (Å²) in [6.07, 6.45) is 3.05. The van der Waals surface area contributed by atoms with Crippen LogP contribution in [0.5, 0.6) is 11.5 Å². The number of fused-ring (bicyclic) bond motifs is 2.